The van der Waals surface area contributed by atoms with Gasteiger partial charge in [-0.15, -0.1) is 0 Å². The summed E-state index contributed by atoms with van der Waals surface area (Å²) in [5, 5.41) is 15.2. The highest BCUT2D eigenvalue weighted by Crippen LogP contribution is 2.44. The molecule has 0 aliphatic heterocycles. The van der Waals surface area contributed by atoms with E-state index in [4.69, 9.17) is 4.74 Å². The molecule has 3 aliphatic rings. The number of carbonyl (C=O) groups is 3. The van der Waals surface area contributed by atoms with E-state index >= 15 is 0 Å². The molecule has 5 rings (SSSR count). The Balaban J connectivity index is 1.16. The lowest BCUT2D eigenvalue weighted by atomic mass is 9.67. The Bertz CT molecular complexity index is 1080. The smallest absolute Gasteiger partial charge is 0.407 e. The lowest BCUT2D eigenvalue weighted by molar-refractivity contribution is -0.144. The molecule has 2 fully saturated rings. The quantitative estimate of drug-likeness (QED) is 0.547. The van der Waals surface area contributed by atoms with Crippen molar-refractivity contribution in [3.05, 3.63) is 59.7 Å². The highest BCUT2D eigenvalue weighted by Gasteiger charge is 2.45. The van der Waals surface area contributed by atoms with Crippen LogP contribution < -0.4 is 10.6 Å². The average Bonchev–Trinajstić information content (AvgIpc) is 3.16. The van der Waals surface area contributed by atoms with E-state index in [1.54, 1.807) is 0 Å². The van der Waals surface area contributed by atoms with Crippen molar-refractivity contribution in [3.63, 3.8) is 0 Å². The van der Waals surface area contributed by atoms with Gasteiger partial charge in [-0.2, -0.15) is 0 Å². The maximum atomic E-state index is 13.1. The van der Waals surface area contributed by atoms with Crippen molar-refractivity contribution >= 4 is 18.0 Å². The fourth-order valence-electron chi connectivity index (χ4n) is 5.86. The molecule has 0 heterocycles. The molecule has 0 unspecified atom stereocenters. The molecule has 7 heteroatoms. The van der Waals surface area contributed by atoms with Crippen LogP contribution >= 0.6 is 0 Å². The van der Waals surface area contributed by atoms with Crippen molar-refractivity contribution < 1.29 is 24.2 Å². The van der Waals surface area contributed by atoms with Gasteiger partial charge in [0.05, 0.1) is 11.3 Å². The number of hydrogen-bond acceptors (Lipinski definition) is 4. The average molecular weight is 477 g/mol. The summed E-state index contributed by atoms with van der Waals surface area (Å²) in [7, 11) is 0. The minimum Gasteiger partial charge on any atom is -0.481 e. The number of benzene rings is 2. The van der Waals surface area contributed by atoms with E-state index in [0.29, 0.717) is 25.7 Å². The van der Waals surface area contributed by atoms with Crippen molar-refractivity contribution in [3.8, 4) is 11.1 Å². The van der Waals surface area contributed by atoms with Gasteiger partial charge in [0.15, 0.2) is 0 Å². The highest BCUT2D eigenvalue weighted by molar-refractivity contribution is 5.85. The third-order valence-electron chi connectivity index (χ3n) is 8.07. The molecule has 3 N–H and O–H groups in total. The number of fused-ring (bicyclic) bond motifs is 3. The SMILES string of the molecule is O=C(NCC1(C(=O)N[C@@H]2CCC[C@H](C(=O)O)C2)CCC1)OCC1c2ccccc2-c2ccccc21. The van der Waals surface area contributed by atoms with Crippen LogP contribution in [-0.4, -0.2) is 42.3 Å². The summed E-state index contributed by atoms with van der Waals surface area (Å²) in [6.45, 7) is 0.461. The van der Waals surface area contributed by atoms with Gasteiger partial charge in [0, 0.05) is 18.5 Å². The largest absolute Gasteiger partial charge is 0.481 e. The molecule has 2 aromatic carbocycles. The van der Waals surface area contributed by atoms with E-state index in [9.17, 15) is 19.5 Å². The zero-order valence-corrected chi connectivity index (χ0v) is 19.8. The Morgan fingerprint density at radius 2 is 1.60 bits per heavy atom. The molecular weight excluding hydrogens is 444 g/mol. The summed E-state index contributed by atoms with van der Waals surface area (Å²) in [5.41, 5.74) is 4.03. The molecular formula is C28H32N2O5. The monoisotopic (exact) mass is 476 g/mol. The van der Waals surface area contributed by atoms with Crippen LogP contribution in [0, 0.1) is 11.3 Å². The maximum absolute atomic E-state index is 13.1. The maximum Gasteiger partial charge on any atom is 0.407 e. The zero-order valence-electron chi connectivity index (χ0n) is 19.8. The minimum atomic E-state index is -0.792. The lowest BCUT2D eigenvalue weighted by Gasteiger charge is -2.41. The summed E-state index contributed by atoms with van der Waals surface area (Å²) in [5.74, 6) is -1.29. The van der Waals surface area contributed by atoms with Gasteiger partial charge in [-0.3, -0.25) is 9.59 Å². The zero-order chi connectivity index (χ0) is 24.4. The first-order chi connectivity index (χ1) is 17.0. The number of rotatable bonds is 7. The first-order valence-electron chi connectivity index (χ1n) is 12.6. The lowest BCUT2D eigenvalue weighted by Crippen LogP contribution is -2.55. The van der Waals surface area contributed by atoms with Crippen molar-refractivity contribution in [2.24, 2.45) is 11.3 Å². The van der Waals surface area contributed by atoms with E-state index in [1.165, 1.54) is 11.1 Å². The second-order valence-corrected chi connectivity index (χ2v) is 10.2. The molecule has 184 valence electrons. The Morgan fingerprint density at radius 1 is 0.943 bits per heavy atom. The molecule has 0 saturated heterocycles. The van der Waals surface area contributed by atoms with Crippen LogP contribution in [0.1, 0.15) is 62.0 Å². The van der Waals surface area contributed by atoms with Crippen LogP contribution in [0.3, 0.4) is 0 Å². The Labute approximate surface area is 205 Å². The molecule has 2 atom stereocenters. The van der Waals surface area contributed by atoms with Gasteiger partial charge in [0.25, 0.3) is 0 Å². The predicted molar refractivity (Wildman–Crippen MR) is 131 cm³/mol. The summed E-state index contributed by atoms with van der Waals surface area (Å²) < 4.78 is 5.63. The number of alkyl carbamates (subject to hydrolysis) is 1. The van der Waals surface area contributed by atoms with Crippen LogP contribution in [0.2, 0.25) is 0 Å². The number of carbonyl (C=O) groups excluding carboxylic acids is 2. The van der Waals surface area contributed by atoms with Gasteiger partial charge >= 0.3 is 12.1 Å². The number of carboxylic acid groups (broad SMARTS) is 1. The normalized spacial score (nSPS) is 22.3. The molecule has 35 heavy (non-hydrogen) atoms. The van der Waals surface area contributed by atoms with E-state index in [-0.39, 0.29) is 31.0 Å². The fraction of sp³-hybridized carbons (Fsp3) is 0.464. The summed E-state index contributed by atoms with van der Waals surface area (Å²) >= 11 is 0. The fourth-order valence-corrected chi connectivity index (χ4v) is 5.86. The standard InChI is InChI=1S/C28H32N2O5/c31-25(32)18-7-5-8-19(15-18)30-26(33)28(13-6-14-28)17-29-27(34)35-16-24-22-11-3-1-9-20(22)21-10-2-4-12-23(21)24/h1-4,9-12,18-19,24H,5-8,13-17H2,(H,29,34)(H,30,33)(H,31,32)/t18-,19+/m0/s1. The third kappa shape index (κ3) is 4.64. The van der Waals surface area contributed by atoms with E-state index in [0.717, 1.165) is 30.4 Å². The Kier molecular flexibility index (Phi) is 6.50. The van der Waals surface area contributed by atoms with Crippen LogP contribution in [0.15, 0.2) is 48.5 Å². The van der Waals surface area contributed by atoms with E-state index in [2.05, 4.69) is 34.9 Å². The summed E-state index contributed by atoms with van der Waals surface area (Å²) in [6.07, 6.45) is 4.55. The number of amides is 2. The molecule has 0 spiro atoms. The second-order valence-electron chi connectivity index (χ2n) is 10.2. The first-order valence-corrected chi connectivity index (χ1v) is 12.6. The van der Waals surface area contributed by atoms with Crippen molar-refractivity contribution in [2.75, 3.05) is 13.2 Å². The Hall–Kier alpha value is -3.35. The minimum absolute atomic E-state index is 0.0115. The molecule has 2 aromatic rings. The summed E-state index contributed by atoms with van der Waals surface area (Å²) in [6, 6.07) is 16.3. The van der Waals surface area contributed by atoms with Gasteiger partial charge < -0.3 is 20.5 Å². The molecule has 3 aliphatic carbocycles. The van der Waals surface area contributed by atoms with E-state index in [1.807, 2.05) is 24.3 Å². The third-order valence-corrected chi connectivity index (χ3v) is 8.07. The topological polar surface area (TPSA) is 105 Å². The predicted octanol–water partition coefficient (Wildman–Crippen LogP) is 4.46. The second kappa shape index (κ2) is 9.72. The number of nitrogens with one attached hydrogen (secondary N) is 2. The number of hydrogen-bond donors (Lipinski definition) is 3. The number of ether oxygens (including phenoxy) is 1. The van der Waals surface area contributed by atoms with Gasteiger partial charge in [-0.05, 0) is 54.4 Å². The highest BCUT2D eigenvalue weighted by atomic mass is 16.5. The van der Waals surface area contributed by atoms with Gasteiger partial charge in [-0.1, -0.05) is 61.4 Å². The number of aliphatic carboxylic acids is 1. The van der Waals surface area contributed by atoms with Gasteiger partial charge in [-0.25, -0.2) is 4.79 Å². The van der Waals surface area contributed by atoms with Crippen LogP contribution in [0.5, 0.6) is 0 Å². The van der Waals surface area contributed by atoms with Crippen LogP contribution in [-0.2, 0) is 14.3 Å². The van der Waals surface area contributed by atoms with Crippen LogP contribution in [0.25, 0.3) is 11.1 Å². The molecule has 0 radical (unpaired) electrons. The van der Waals surface area contributed by atoms with E-state index < -0.39 is 23.4 Å². The summed E-state index contributed by atoms with van der Waals surface area (Å²) in [4.78, 5) is 37.1. The van der Waals surface area contributed by atoms with Crippen molar-refractivity contribution in [1.82, 2.24) is 10.6 Å². The Morgan fingerprint density at radius 3 is 2.20 bits per heavy atom. The molecule has 0 bridgehead atoms. The molecule has 0 aromatic heterocycles. The van der Waals surface area contributed by atoms with Gasteiger partial charge in [0.2, 0.25) is 5.91 Å². The van der Waals surface area contributed by atoms with Crippen molar-refractivity contribution in [1.29, 1.82) is 0 Å². The van der Waals surface area contributed by atoms with Crippen molar-refractivity contribution in [2.45, 2.75) is 56.9 Å². The molecule has 2 saturated carbocycles. The van der Waals surface area contributed by atoms with Crippen LogP contribution in [0.4, 0.5) is 4.79 Å². The molecule has 7 nitrogen and oxygen atoms in total. The van der Waals surface area contributed by atoms with Gasteiger partial charge in [0.1, 0.15) is 6.61 Å². The molecule has 2 amide bonds. The first kappa shape index (κ1) is 23.4. The number of carboxylic acids is 1.